The van der Waals surface area contributed by atoms with E-state index in [1.165, 1.54) is 6.33 Å². The number of aromatic nitrogens is 3. The monoisotopic (exact) mass is 294 g/mol. The van der Waals surface area contributed by atoms with Crippen LogP contribution in [-0.2, 0) is 4.79 Å². The van der Waals surface area contributed by atoms with Crippen molar-refractivity contribution in [3.8, 4) is 5.69 Å². The average molecular weight is 295 g/mol. The quantitative estimate of drug-likeness (QED) is 0.856. The Bertz CT molecular complexity index is 586. The molecule has 0 aliphatic rings. The van der Waals surface area contributed by atoms with E-state index in [0.717, 1.165) is 11.4 Å². The summed E-state index contributed by atoms with van der Waals surface area (Å²) >= 11 is 6.01. The second-order valence-electron chi connectivity index (χ2n) is 4.48. The van der Waals surface area contributed by atoms with Gasteiger partial charge < -0.3 is 10.4 Å². The van der Waals surface area contributed by atoms with Crippen molar-refractivity contribution in [1.82, 2.24) is 14.8 Å². The third-order valence-corrected chi connectivity index (χ3v) is 3.05. The van der Waals surface area contributed by atoms with E-state index in [-0.39, 0.29) is 12.5 Å². The van der Waals surface area contributed by atoms with Gasteiger partial charge in [-0.2, -0.15) is 5.10 Å². The van der Waals surface area contributed by atoms with Crippen molar-refractivity contribution in [2.75, 3.05) is 5.32 Å². The fourth-order valence-electron chi connectivity index (χ4n) is 1.83. The van der Waals surface area contributed by atoms with Crippen LogP contribution in [0.1, 0.15) is 19.8 Å². The standard InChI is InChI=1S/C13H15ClN4O2/c1-9(2-5-13(19)20)17-11-6-10(14)3-4-12(11)18-8-15-7-16-18/h3-4,6-9,17H,2,5H2,1H3,(H,19,20). The molecule has 2 aromatic rings. The molecule has 0 aliphatic heterocycles. The SMILES string of the molecule is CC(CCC(=O)O)Nc1cc(Cl)ccc1-n1cncn1. The van der Waals surface area contributed by atoms with E-state index in [4.69, 9.17) is 16.7 Å². The fraction of sp³-hybridized carbons (Fsp3) is 0.308. The molecule has 1 atom stereocenters. The van der Waals surface area contributed by atoms with Gasteiger partial charge in [-0.1, -0.05) is 11.6 Å². The molecule has 0 saturated heterocycles. The van der Waals surface area contributed by atoms with Gasteiger partial charge in [0.25, 0.3) is 0 Å². The van der Waals surface area contributed by atoms with Crippen molar-refractivity contribution in [3.05, 3.63) is 35.9 Å². The van der Waals surface area contributed by atoms with Crippen LogP contribution in [0.15, 0.2) is 30.9 Å². The highest BCUT2D eigenvalue weighted by Gasteiger charge is 2.10. The molecule has 1 unspecified atom stereocenters. The van der Waals surface area contributed by atoms with Crippen molar-refractivity contribution in [1.29, 1.82) is 0 Å². The summed E-state index contributed by atoms with van der Waals surface area (Å²) in [4.78, 5) is 14.5. The van der Waals surface area contributed by atoms with Crippen LogP contribution in [0.5, 0.6) is 0 Å². The van der Waals surface area contributed by atoms with Crippen LogP contribution in [0.3, 0.4) is 0 Å². The second-order valence-corrected chi connectivity index (χ2v) is 4.92. The third-order valence-electron chi connectivity index (χ3n) is 2.82. The minimum Gasteiger partial charge on any atom is -0.481 e. The first-order valence-electron chi connectivity index (χ1n) is 6.19. The van der Waals surface area contributed by atoms with Gasteiger partial charge in [0.15, 0.2) is 0 Å². The number of carboxylic acid groups (broad SMARTS) is 1. The molecule has 0 radical (unpaired) electrons. The van der Waals surface area contributed by atoms with Gasteiger partial charge in [0, 0.05) is 17.5 Å². The topological polar surface area (TPSA) is 80.0 Å². The van der Waals surface area contributed by atoms with Crippen LogP contribution in [-0.4, -0.2) is 31.9 Å². The largest absolute Gasteiger partial charge is 0.481 e. The lowest BCUT2D eigenvalue weighted by atomic mass is 10.1. The van der Waals surface area contributed by atoms with E-state index in [1.54, 1.807) is 23.1 Å². The minimum absolute atomic E-state index is 0.00633. The van der Waals surface area contributed by atoms with E-state index in [1.807, 2.05) is 13.0 Å². The number of aliphatic carboxylic acids is 1. The van der Waals surface area contributed by atoms with Crippen LogP contribution >= 0.6 is 11.6 Å². The molecule has 0 amide bonds. The lowest BCUT2D eigenvalue weighted by molar-refractivity contribution is -0.137. The van der Waals surface area contributed by atoms with Gasteiger partial charge in [-0.15, -0.1) is 0 Å². The minimum atomic E-state index is -0.804. The summed E-state index contributed by atoms with van der Waals surface area (Å²) in [6.45, 7) is 1.93. The lowest BCUT2D eigenvalue weighted by Gasteiger charge is -2.17. The van der Waals surface area contributed by atoms with Gasteiger partial charge in [-0.05, 0) is 31.5 Å². The number of nitrogens with zero attached hydrogens (tertiary/aromatic N) is 3. The summed E-state index contributed by atoms with van der Waals surface area (Å²) < 4.78 is 1.63. The first-order valence-corrected chi connectivity index (χ1v) is 6.57. The molecule has 0 aliphatic carbocycles. The van der Waals surface area contributed by atoms with Gasteiger partial charge >= 0.3 is 5.97 Å². The first kappa shape index (κ1) is 14.3. The van der Waals surface area contributed by atoms with E-state index >= 15 is 0 Å². The Labute approximate surface area is 121 Å². The number of benzene rings is 1. The summed E-state index contributed by atoms with van der Waals surface area (Å²) in [5, 5.41) is 16.7. The molecule has 0 bridgehead atoms. The Morgan fingerprint density at radius 2 is 2.35 bits per heavy atom. The molecule has 1 aromatic carbocycles. The normalized spacial score (nSPS) is 12.1. The maximum absolute atomic E-state index is 10.6. The van der Waals surface area contributed by atoms with E-state index in [0.29, 0.717) is 11.4 Å². The highest BCUT2D eigenvalue weighted by atomic mass is 35.5. The van der Waals surface area contributed by atoms with Crippen LogP contribution in [0.25, 0.3) is 5.69 Å². The molecular weight excluding hydrogens is 280 g/mol. The van der Waals surface area contributed by atoms with Gasteiger partial charge in [0.2, 0.25) is 0 Å². The summed E-state index contributed by atoms with van der Waals surface area (Å²) in [7, 11) is 0. The molecule has 1 heterocycles. The number of halogens is 1. The number of hydrogen-bond acceptors (Lipinski definition) is 4. The maximum atomic E-state index is 10.6. The Hall–Kier alpha value is -2.08. The molecule has 2 N–H and O–H groups in total. The van der Waals surface area contributed by atoms with Gasteiger partial charge in [-0.3, -0.25) is 4.79 Å². The molecule has 0 saturated carbocycles. The highest BCUT2D eigenvalue weighted by molar-refractivity contribution is 6.31. The summed E-state index contributed by atoms with van der Waals surface area (Å²) in [5.41, 5.74) is 1.61. The van der Waals surface area contributed by atoms with Crippen LogP contribution in [0.4, 0.5) is 5.69 Å². The summed E-state index contributed by atoms with van der Waals surface area (Å²) in [6, 6.07) is 5.40. The average Bonchev–Trinajstić information content (AvgIpc) is 2.90. The first-order chi connectivity index (χ1) is 9.56. The zero-order chi connectivity index (χ0) is 14.5. The predicted octanol–water partition coefficient (Wildman–Crippen LogP) is 2.59. The molecule has 2 rings (SSSR count). The van der Waals surface area contributed by atoms with E-state index < -0.39 is 5.97 Å². The smallest absolute Gasteiger partial charge is 0.303 e. The molecule has 1 aromatic heterocycles. The Balaban J connectivity index is 2.17. The number of hydrogen-bond donors (Lipinski definition) is 2. The van der Waals surface area contributed by atoms with Crippen molar-refractivity contribution < 1.29 is 9.90 Å². The Morgan fingerprint density at radius 1 is 1.55 bits per heavy atom. The van der Waals surface area contributed by atoms with Crippen LogP contribution in [0.2, 0.25) is 5.02 Å². The lowest BCUT2D eigenvalue weighted by Crippen LogP contribution is -2.18. The van der Waals surface area contributed by atoms with Gasteiger partial charge in [0.1, 0.15) is 12.7 Å². The van der Waals surface area contributed by atoms with Crippen LogP contribution < -0.4 is 5.32 Å². The number of anilines is 1. The van der Waals surface area contributed by atoms with Crippen LogP contribution in [0, 0.1) is 0 Å². The van der Waals surface area contributed by atoms with E-state index in [9.17, 15) is 4.79 Å². The van der Waals surface area contributed by atoms with Crippen molar-refractivity contribution in [2.45, 2.75) is 25.8 Å². The maximum Gasteiger partial charge on any atom is 0.303 e. The molecule has 0 fully saturated rings. The van der Waals surface area contributed by atoms with Crippen molar-refractivity contribution in [3.63, 3.8) is 0 Å². The number of rotatable bonds is 6. The molecule has 20 heavy (non-hydrogen) atoms. The van der Waals surface area contributed by atoms with E-state index in [2.05, 4.69) is 15.4 Å². The summed E-state index contributed by atoms with van der Waals surface area (Å²) in [6.07, 6.45) is 3.69. The third kappa shape index (κ3) is 3.71. The van der Waals surface area contributed by atoms with Crippen molar-refractivity contribution in [2.24, 2.45) is 0 Å². The number of carbonyl (C=O) groups is 1. The summed E-state index contributed by atoms with van der Waals surface area (Å²) in [5.74, 6) is -0.804. The Kier molecular flexibility index (Phi) is 4.57. The fourth-order valence-corrected chi connectivity index (χ4v) is 2.01. The Morgan fingerprint density at radius 3 is 3.00 bits per heavy atom. The number of nitrogens with one attached hydrogen (secondary N) is 1. The van der Waals surface area contributed by atoms with Gasteiger partial charge in [0.05, 0.1) is 11.4 Å². The molecular formula is C13H15ClN4O2. The zero-order valence-corrected chi connectivity index (χ0v) is 11.7. The molecule has 6 nitrogen and oxygen atoms in total. The van der Waals surface area contributed by atoms with Crippen molar-refractivity contribution >= 4 is 23.3 Å². The molecule has 7 heteroatoms. The van der Waals surface area contributed by atoms with Gasteiger partial charge in [-0.25, -0.2) is 9.67 Å². The molecule has 0 spiro atoms. The zero-order valence-electron chi connectivity index (χ0n) is 11.0. The highest BCUT2D eigenvalue weighted by Crippen LogP contribution is 2.25. The predicted molar refractivity (Wildman–Crippen MR) is 76.3 cm³/mol. The number of carboxylic acids is 1. The molecule has 106 valence electrons. The second kappa shape index (κ2) is 6.38.